The van der Waals surface area contributed by atoms with Gasteiger partial charge in [-0.15, -0.1) is 0 Å². The topological polar surface area (TPSA) is 106 Å². The Kier molecular flexibility index (Phi) is 6.57. The molecule has 1 aliphatic rings. The van der Waals surface area contributed by atoms with E-state index in [0.717, 1.165) is 0 Å². The van der Waals surface area contributed by atoms with Crippen molar-refractivity contribution in [2.45, 2.75) is 0 Å². The summed E-state index contributed by atoms with van der Waals surface area (Å²) in [5.41, 5.74) is 1.25. The number of thiocarbonyl (C=S) groups is 1. The molecule has 152 valence electrons. The van der Waals surface area contributed by atoms with E-state index >= 15 is 0 Å². The second-order valence-corrected chi connectivity index (χ2v) is 6.61. The Morgan fingerprint density at radius 3 is 2.69 bits per heavy atom. The van der Waals surface area contributed by atoms with Crippen LogP contribution in [0.1, 0.15) is 10.4 Å². The third kappa shape index (κ3) is 5.18. The molecule has 2 aromatic carbocycles. The zero-order valence-electron chi connectivity index (χ0n) is 15.7. The van der Waals surface area contributed by atoms with Crippen LogP contribution in [0, 0.1) is 10.1 Å². The molecule has 10 heteroatoms. The summed E-state index contributed by atoms with van der Waals surface area (Å²) in [5, 5.41) is 16.7. The van der Waals surface area contributed by atoms with E-state index in [1.165, 1.54) is 12.1 Å². The van der Waals surface area contributed by atoms with Crippen LogP contribution in [0.4, 0.5) is 17.1 Å². The molecule has 2 N–H and O–H groups in total. The van der Waals surface area contributed by atoms with E-state index in [-0.39, 0.29) is 16.4 Å². The zero-order chi connectivity index (χ0) is 20.8. The summed E-state index contributed by atoms with van der Waals surface area (Å²) in [6.07, 6.45) is 0. The number of nitro benzene ring substituents is 1. The number of nitro groups is 1. The van der Waals surface area contributed by atoms with E-state index in [4.69, 9.17) is 21.7 Å². The van der Waals surface area contributed by atoms with E-state index in [0.29, 0.717) is 43.4 Å². The third-order valence-corrected chi connectivity index (χ3v) is 4.55. The molecular formula is C19H20N4O5S. The fourth-order valence-corrected chi connectivity index (χ4v) is 3.14. The van der Waals surface area contributed by atoms with Gasteiger partial charge in [0.1, 0.15) is 5.75 Å². The summed E-state index contributed by atoms with van der Waals surface area (Å²) in [5.74, 6) is 0.105. The van der Waals surface area contributed by atoms with Crippen molar-refractivity contribution in [3.05, 3.63) is 58.1 Å². The molecule has 1 saturated heterocycles. The standard InChI is InChI=1S/C19H20N4O5S/c1-27-15-4-2-3-13(11-15)20-19(29)21-18(24)16-12-14(23(25)26)5-6-17(16)22-7-9-28-10-8-22/h2-6,11-12H,7-10H2,1H3,(H2,20,21,24,29). The molecule has 0 radical (unpaired) electrons. The Hall–Kier alpha value is -3.24. The van der Waals surface area contributed by atoms with Crippen molar-refractivity contribution in [3.8, 4) is 5.75 Å². The number of amides is 1. The lowest BCUT2D eigenvalue weighted by Gasteiger charge is -2.30. The van der Waals surface area contributed by atoms with Gasteiger partial charge in [0.25, 0.3) is 11.6 Å². The number of hydrogen-bond acceptors (Lipinski definition) is 7. The van der Waals surface area contributed by atoms with Gasteiger partial charge in [0, 0.05) is 37.0 Å². The molecule has 0 spiro atoms. The average Bonchev–Trinajstić information content (AvgIpc) is 2.73. The summed E-state index contributed by atoms with van der Waals surface area (Å²) < 4.78 is 10.5. The molecule has 9 nitrogen and oxygen atoms in total. The molecule has 29 heavy (non-hydrogen) atoms. The zero-order valence-corrected chi connectivity index (χ0v) is 16.5. The SMILES string of the molecule is COc1cccc(NC(=S)NC(=O)c2cc([N+](=O)[O-])ccc2N2CCOCC2)c1. The van der Waals surface area contributed by atoms with Gasteiger partial charge in [-0.3, -0.25) is 20.2 Å². The second-order valence-electron chi connectivity index (χ2n) is 6.20. The second kappa shape index (κ2) is 9.30. The smallest absolute Gasteiger partial charge is 0.270 e. The number of methoxy groups -OCH3 is 1. The van der Waals surface area contributed by atoms with Gasteiger partial charge in [-0.2, -0.15) is 0 Å². The molecular weight excluding hydrogens is 396 g/mol. The van der Waals surface area contributed by atoms with Gasteiger partial charge in [0.15, 0.2) is 5.11 Å². The van der Waals surface area contributed by atoms with Gasteiger partial charge >= 0.3 is 0 Å². The Balaban J connectivity index is 1.79. The monoisotopic (exact) mass is 416 g/mol. The molecule has 0 aromatic heterocycles. The molecule has 0 atom stereocenters. The number of benzene rings is 2. The van der Waals surface area contributed by atoms with Crippen LogP contribution >= 0.6 is 12.2 Å². The maximum absolute atomic E-state index is 12.9. The average molecular weight is 416 g/mol. The highest BCUT2D eigenvalue weighted by Gasteiger charge is 2.22. The number of anilines is 2. The molecule has 0 unspecified atom stereocenters. The van der Waals surface area contributed by atoms with Crippen LogP contribution in [0.25, 0.3) is 0 Å². The first kappa shape index (κ1) is 20.5. The predicted octanol–water partition coefficient (Wildman–Crippen LogP) is 2.57. The number of ether oxygens (including phenoxy) is 2. The maximum Gasteiger partial charge on any atom is 0.270 e. The largest absolute Gasteiger partial charge is 0.497 e. The number of morpholine rings is 1. The first-order chi connectivity index (χ1) is 14.0. The molecule has 1 aliphatic heterocycles. The van der Waals surface area contributed by atoms with E-state index in [9.17, 15) is 14.9 Å². The summed E-state index contributed by atoms with van der Waals surface area (Å²) >= 11 is 5.22. The normalized spacial score (nSPS) is 13.5. The Labute approximate surface area is 172 Å². The van der Waals surface area contributed by atoms with Gasteiger partial charge in [0.2, 0.25) is 0 Å². The number of carbonyl (C=O) groups is 1. The predicted molar refractivity (Wildman–Crippen MR) is 113 cm³/mol. The summed E-state index contributed by atoms with van der Waals surface area (Å²) in [6.45, 7) is 2.22. The molecule has 1 fully saturated rings. The lowest BCUT2D eigenvalue weighted by atomic mass is 10.1. The Morgan fingerprint density at radius 2 is 2.00 bits per heavy atom. The van der Waals surface area contributed by atoms with E-state index < -0.39 is 10.8 Å². The first-order valence-corrected chi connectivity index (χ1v) is 9.26. The highest BCUT2D eigenvalue weighted by molar-refractivity contribution is 7.80. The highest BCUT2D eigenvalue weighted by atomic mass is 32.1. The first-order valence-electron chi connectivity index (χ1n) is 8.85. The van der Waals surface area contributed by atoms with Crippen molar-refractivity contribution in [2.75, 3.05) is 43.6 Å². The number of carbonyl (C=O) groups excluding carboxylic acids is 1. The molecule has 1 amide bonds. The van der Waals surface area contributed by atoms with Crippen LogP contribution in [-0.2, 0) is 4.74 Å². The number of hydrogen-bond donors (Lipinski definition) is 2. The molecule has 2 aromatic rings. The summed E-state index contributed by atoms with van der Waals surface area (Å²) in [6, 6.07) is 11.3. The van der Waals surface area contributed by atoms with E-state index in [1.807, 2.05) is 4.90 Å². The molecule has 0 aliphatic carbocycles. The molecule has 0 bridgehead atoms. The van der Waals surface area contributed by atoms with Crippen molar-refractivity contribution in [3.63, 3.8) is 0 Å². The Bertz CT molecular complexity index is 931. The lowest BCUT2D eigenvalue weighted by Crippen LogP contribution is -2.39. The number of nitrogens with zero attached hydrogens (tertiary/aromatic N) is 2. The fraction of sp³-hybridized carbons (Fsp3) is 0.263. The minimum Gasteiger partial charge on any atom is -0.497 e. The van der Waals surface area contributed by atoms with Crippen LogP contribution < -0.4 is 20.3 Å². The number of nitrogens with one attached hydrogen (secondary N) is 2. The van der Waals surface area contributed by atoms with Gasteiger partial charge < -0.3 is 19.7 Å². The van der Waals surface area contributed by atoms with Crippen LogP contribution in [0.3, 0.4) is 0 Å². The van der Waals surface area contributed by atoms with Crippen molar-refractivity contribution in [1.29, 1.82) is 0 Å². The van der Waals surface area contributed by atoms with Crippen LogP contribution in [0.2, 0.25) is 0 Å². The number of rotatable bonds is 5. The lowest BCUT2D eigenvalue weighted by molar-refractivity contribution is -0.384. The van der Waals surface area contributed by atoms with Crippen molar-refractivity contribution < 1.29 is 19.2 Å². The van der Waals surface area contributed by atoms with Crippen LogP contribution in [0.5, 0.6) is 5.75 Å². The summed E-state index contributed by atoms with van der Waals surface area (Å²) in [4.78, 5) is 25.5. The number of non-ortho nitro benzene ring substituents is 1. The van der Waals surface area contributed by atoms with Gasteiger partial charge in [-0.1, -0.05) is 6.07 Å². The maximum atomic E-state index is 12.9. The van der Waals surface area contributed by atoms with Crippen molar-refractivity contribution >= 4 is 40.3 Å². The molecule has 3 rings (SSSR count). The van der Waals surface area contributed by atoms with Gasteiger partial charge in [-0.25, -0.2) is 0 Å². The quantitative estimate of drug-likeness (QED) is 0.435. The fourth-order valence-electron chi connectivity index (χ4n) is 2.93. The van der Waals surface area contributed by atoms with Crippen LogP contribution in [0.15, 0.2) is 42.5 Å². The van der Waals surface area contributed by atoms with Crippen molar-refractivity contribution in [2.24, 2.45) is 0 Å². The minimum absolute atomic E-state index is 0.0719. The van der Waals surface area contributed by atoms with Crippen molar-refractivity contribution in [1.82, 2.24) is 5.32 Å². The van der Waals surface area contributed by atoms with E-state index in [1.54, 1.807) is 37.4 Å². The third-order valence-electron chi connectivity index (χ3n) is 4.34. The molecule has 1 heterocycles. The minimum atomic E-state index is -0.535. The van der Waals surface area contributed by atoms with Gasteiger partial charge in [-0.05, 0) is 30.4 Å². The highest BCUT2D eigenvalue weighted by Crippen LogP contribution is 2.26. The van der Waals surface area contributed by atoms with E-state index in [2.05, 4.69) is 10.6 Å². The Morgan fingerprint density at radius 1 is 1.24 bits per heavy atom. The van der Waals surface area contributed by atoms with Gasteiger partial charge in [0.05, 0.1) is 36.5 Å². The summed E-state index contributed by atoms with van der Waals surface area (Å²) in [7, 11) is 1.55. The molecule has 0 saturated carbocycles. The van der Waals surface area contributed by atoms with Crippen LogP contribution in [-0.4, -0.2) is 49.4 Å².